The summed E-state index contributed by atoms with van der Waals surface area (Å²) in [5.41, 5.74) is 5.29. The average molecular weight is 414 g/mol. The van der Waals surface area contributed by atoms with E-state index in [4.69, 9.17) is 28.9 Å². The summed E-state index contributed by atoms with van der Waals surface area (Å²) in [6, 6.07) is 6.48. The quantitative estimate of drug-likeness (QED) is 0.737. The lowest BCUT2D eigenvalue weighted by Gasteiger charge is -2.12. The van der Waals surface area contributed by atoms with Crippen LogP contribution < -0.4 is 10.5 Å². The van der Waals surface area contributed by atoms with Crippen LogP contribution in [0.25, 0.3) is 0 Å². The van der Waals surface area contributed by atoms with Gasteiger partial charge in [-0.25, -0.2) is 12.8 Å². The van der Waals surface area contributed by atoms with E-state index in [1.807, 2.05) is 0 Å². The van der Waals surface area contributed by atoms with Gasteiger partial charge < -0.3 is 5.73 Å². The topological polar surface area (TPSA) is 72.2 Å². The highest BCUT2D eigenvalue weighted by molar-refractivity contribution is 9.10. The van der Waals surface area contributed by atoms with Crippen LogP contribution in [-0.2, 0) is 10.0 Å². The molecule has 0 unspecified atom stereocenters. The molecule has 0 heterocycles. The molecule has 2 aromatic rings. The molecule has 0 fully saturated rings. The Hall–Kier alpha value is -1.02. The minimum atomic E-state index is -4.04. The summed E-state index contributed by atoms with van der Waals surface area (Å²) >= 11 is 14.8. The molecule has 0 amide bonds. The van der Waals surface area contributed by atoms with Crippen molar-refractivity contribution in [3.05, 3.63) is 50.7 Å². The first kappa shape index (κ1) is 16.4. The maximum Gasteiger partial charge on any atom is 0.263 e. The third-order valence-electron chi connectivity index (χ3n) is 2.54. The van der Waals surface area contributed by atoms with E-state index in [-0.39, 0.29) is 21.3 Å². The first-order chi connectivity index (χ1) is 9.72. The highest BCUT2D eigenvalue weighted by Crippen LogP contribution is 2.33. The molecular formula is C12H8BrCl2FN2O2S. The van der Waals surface area contributed by atoms with E-state index in [1.54, 1.807) is 12.1 Å². The van der Waals surface area contributed by atoms with Crippen LogP contribution in [0, 0.1) is 5.82 Å². The monoisotopic (exact) mass is 412 g/mol. The van der Waals surface area contributed by atoms with Gasteiger partial charge in [-0.2, -0.15) is 0 Å². The lowest BCUT2D eigenvalue weighted by molar-refractivity contribution is 0.600. The smallest absolute Gasteiger partial charge is 0.263 e. The summed E-state index contributed by atoms with van der Waals surface area (Å²) in [5, 5.41) is 0.0623. The van der Waals surface area contributed by atoms with Crippen molar-refractivity contribution in [3.8, 4) is 0 Å². The fourth-order valence-electron chi connectivity index (χ4n) is 1.53. The molecule has 0 bridgehead atoms. The van der Waals surface area contributed by atoms with Crippen molar-refractivity contribution >= 4 is 60.5 Å². The largest absolute Gasteiger partial charge is 0.396 e. The average Bonchev–Trinajstić information content (AvgIpc) is 2.39. The molecule has 3 N–H and O–H groups in total. The Labute approximate surface area is 139 Å². The minimum absolute atomic E-state index is 0.224. The zero-order valence-corrected chi connectivity index (χ0v) is 14.1. The van der Waals surface area contributed by atoms with Gasteiger partial charge in [0.2, 0.25) is 0 Å². The van der Waals surface area contributed by atoms with Crippen LogP contribution in [-0.4, -0.2) is 8.42 Å². The molecule has 0 aliphatic carbocycles. The summed E-state index contributed by atoms with van der Waals surface area (Å²) in [6.07, 6.45) is 0. The summed E-state index contributed by atoms with van der Waals surface area (Å²) in [7, 11) is -4.04. The third-order valence-corrected chi connectivity index (χ3v) is 5.76. The molecule has 2 rings (SSSR count). The molecule has 21 heavy (non-hydrogen) atoms. The fraction of sp³-hybridized carbons (Fsp3) is 0. The molecular weight excluding hydrogens is 406 g/mol. The number of nitrogens with one attached hydrogen (secondary N) is 1. The summed E-state index contributed by atoms with van der Waals surface area (Å²) in [5.74, 6) is -0.789. The predicted octanol–water partition coefficient (Wildman–Crippen LogP) is 4.28. The number of benzene rings is 2. The molecule has 0 saturated heterocycles. The molecule has 9 heteroatoms. The van der Waals surface area contributed by atoms with Crippen molar-refractivity contribution in [1.29, 1.82) is 0 Å². The number of hydrogen-bond donors (Lipinski definition) is 2. The van der Waals surface area contributed by atoms with E-state index in [1.165, 1.54) is 6.07 Å². The Kier molecular flexibility index (Phi) is 4.67. The second-order valence-electron chi connectivity index (χ2n) is 4.01. The van der Waals surface area contributed by atoms with Crippen molar-refractivity contribution in [2.24, 2.45) is 0 Å². The van der Waals surface area contributed by atoms with E-state index >= 15 is 0 Å². The molecule has 112 valence electrons. The Balaban J connectivity index is 2.48. The Morgan fingerprint density at radius 2 is 1.86 bits per heavy atom. The zero-order chi connectivity index (χ0) is 15.8. The number of halogens is 4. The standard InChI is InChI=1S/C12H8BrCl2FN2O2S/c13-12-6(14)2-1-3-10(12)18-21(19,20)11-5-9(17)8(16)4-7(11)15/h1-5,18H,17H2. The number of sulfonamides is 1. The summed E-state index contributed by atoms with van der Waals surface area (Å²) < 4.78 is 40.6. The normalized spacial score (nSPS) is 11.4. The highest BCUT2D eigenvalue weighted by Gasteiger charge is 2.21. The number of anilines is 2. The van der Waals surface area contributed by atoms with Crippen LogP contribution in [0.15, 0.2) is 39.7 Å². The molecule has 0 aromatic heterocycles. The van der Waals surface area contributed by atoms with E-state index in [0.29, 0.717) is 9.50 Å². The van der Waals surface area contributed by atoms with Gasteiger partial charge in [-0.1, -0.05) is 29.3 Å². The SMILES string of the molecule is Nc1cc(S(=O)(=O)Nc2cccc(Cl)c2Br)c(Cl)cc1F. The van der Waals surface area contributed by atoms with Crippen molar-refractivity contribution in [1.82, 2.24) is 0 Å². The van der Waals surface area contributed by atoms with Gasteiger partial charge in [-0.15, -0.1) is 0 Å². The van der Waals surface area contributed by atoms with Gasteiger partial charge in [0.15, 0.2) is 0 Å². The van der Waals surface area contributed by atoms with Gasteiger partial charge in [0.1, 0.15) is 10.7 Å². The maximum atomic E-state index is 13.2. The second kappa shape index (κ2) is 6.00. The second-order valence-corrected chi connectivity index (χ2v) is 7.27. The number of nitrogen functional groups attached to an aromatic ring is 1. The van der Waals surface area contributed by atoms with Crippen molar-refractivity contribution in [2.45, 2.75) is 4.90 Å². The van der Waals surface area contributed by atoms with Crippen LogP contribution in [0.1, 0.15) is 0 Å². The van der Waals surface area contributed by atoms with E-state index in [9.17, 15) is 12.8 Å². The predicted molar refractivity (Wildman–Crippen MR) is 85.8 cm³/mol. The molecule has 0 aliphatic heterocycles. The number of nitrogens with two attached hydrogens (primary N) is 1. The number of hydrogen-bond acceptors (Lipinski definition) is 3. The van der Waals surface area contributed by atoms with Crippen molar-refractivity contribution in [2.75, 3.05) is 10.5 Å². The zero-order valence-electron chi connectivity index (χ0n) is 10.2. The fourth-order valence-corrected chi connectivity index (χ4v) is 3.82. The first-order valence-corrected chi connectivity index (χ1v) is 8.47. The first-order valence-electron chi connectivity index (χ1n) is 5.43. The van der Waals surface area contributed by atoms with Gasteiger partial charge in [-0.05, 0) is 40.2 Å². The van der Waals surface area contributed by atoms with E-state index in [0.717, 1.165) is 12.1 Å². The molecule has 2 aromatic carbocycles. The molecule has 0 spiro atoms. The van der Waals surface area contributed by atoms with Crippen LogP contribution in [0.5, 0.6) is 0 Å². The highest BCUT2D eigenvalue weighted by atomic mass is 79.9. The Morgan fingerprint density at radius 1 is 1.19 bits per heavy atom. The van der Waals surface area contributed by atoms with Crippen LogP contribution in [0.2, 0.25) is 10.0 Å². The minimum Gasteiger partial charge on any atom is -0.396 e. The number of rotatable bonds is 3. The molecule has 0 saturated carbocycles. The lowest BCUT2D eigenvalue weighted by Crippen LogP contribution is -2.14. The molecule has 4 nitrogen and oxygen atoms in total. The van der Waals surface area contributed by atoms with Gasteiger partial charge in [0.25, 0.3) is 10.0 Å². The van der Waals surface area contributed by atoms with Crippen molar-refractivity contribution < 1.29 is 12.8 Å². The maximum absolute atomic E-state index is 13.2. The van der Waals surface area contributed by atoms with E-state index in [2.05, 4.69) is 20.7 Å². The molecule has 0 aliphatic rings. The van der Waals surface area contributed by atoms with Crippen LogP contribution in [0.4, 0.5) is 15.8 Å². The van der Waals surface area contributed by atoms with Gasteiger partial charge in [-0.3, -0.25) is 4.72 Å². The molecule has 0 atom stereocenters. The van der Waals surface area contributed by atoms with Crippen LogP contribution in [0.3, 0.4) is 0 Å². The summed E-state index contributed by atoms with van der Waals surface area (Å²) in [4.78, 5) is -0.324. The van der Waals surface area contributed by atoms with Crippen LogP contribution >= 0.6 is 39.1 Å². The Bertz CT molecular complexity index is 815. The third kappa shape index (κ3) is 3.42. The summed E-state index contributed by atoms with van der Waals surface area (Å²) in [6.45, 7) is 0. The van der Waals surface area contributed by atoms with Crippen molar-refractivity contribution in [3.63, 3.8) is 0 Å². The van der Waals surface area contributed by atoms with Gasteiger partial charge in [0.05, 0.1) is 25.9 Å². The van der Waals surface area contributed by atoms with E-state index < -0.39 is 15.8 Å². The molecule has 0 radical (unpaired) electrons. The lowest BCUT2D eigenvalue weighted by atomic mass is 10.3. The van der Waals surface area contributed by atoms with Gasteiger partial charge >= 0.3 is 0 Å². The Morgan fingerprint density at radius 3 is 2.52 bits per heavy atom. The van der Waals surface area contributed by atoms with Gasteiger partial charge in [0, 0.05) is 0 Å².